The smallest absolute Gasteiger partial charge is 0.412 e. The number of hydrogen-bond donors (Lipinski definition) is 2. The van der Waals surface area contributed by atoms with E-state index in [4.69, 9.17) is 9.47 Å². The number of aliphatic hydroxyl groups excluding tert-OH is 1. The molecule has 1 aliphatic carbocycles. The number of rotatable bonds is 4. The molecule has 0 spiro atoms. The molecule has 2 N–H and O–H groups in total. The van der Waals surface area contributed by atoms with E-state index < -0.39 is 11.3 Å². The molecule has 1 saturated heterocycles. The van der Waals surface area contributed by atoms with E-state index in [9.17, 15) is 9.90 Å². The molecule has 0 unspecified atom stereocenters. The average molecular weight is 326 g/mol. The Morgan fingerprint density at radius 3 is 2.70 bits per heavy atom. The summed E-state index contributed by atoms with van der Waals surface area (Å²) in [4.78, 5) is 14.2. The number of carbonyl (C=O) groups is 1. The van der Waals surface area contributed by atoms with Gasteiger partial charge in [-0.15, -0.1) is 0 Å². The third-order valence-electron chi connectivity index (χ3n) is 4.19. The van der Waals surface area contributed by atoms with Crippen molar-refractivity contribution >= 4 is 6.09 Å². The van der Waals surface area contributed by atoms with Gasteiger partial charge in [-0.1, -0.05) is 12.2 Å². The van der Waals surface area contributed by atoms with E-state index in [0.717, 1.165) is 6.42 Å². The summed E-state index contributed by atoms with van der Waals surface area (Å²) in [5.41, 5.74) is -1.20. The highest BCUT2D eigenvalue weighted by Gasteiger charge is 2.45. The van der Waals surface area contributed by atoms with Crippen LogP contribution in [0.3, 0.4) is 0 Å². The Hall–Kier alpha value is -1.11. The lowest BCUT2D eigenvalue weighted by Crippen LogP contribution is -2.53. The SMILES string of the molecule is CC(C)(C)OC(=O)N1[C@H](CN[C@@H]2C=C[C@H](CO)C2)COC1(C)C. The fraction of sp³-hybridized carbons (Fsp3) is 0.824. The van der Waals surface area contributed by atoms with Crippen LogP contribution in [0.1, 0.15) is 41.0 Å². The van der Waals surface area contributed by atoms with Crippen LogP contribution in [-0.2, 0) is 9.47 Å². The Labute approximate surface area is 138 Å². The van der Waals surface area contributed by atoms with E-state index in [1.54, 1.807) is 4.90 Å². The van der Waals surface area contributed by atoms with E-state index in [2.05, 4.69) is 11.4 Å². The van der Waals surface area contributed by atoms with Gasteiger partial charge >= 0.3 is 6.09 Å². The summed E-state index contributed by atoms with van der Waals surface area (Å²) in [7, 11) is 0. The van der Waals surface area contributed by atoms with E-state index in [-0.39, 0.29) is 30.7 Å². The van der Waals surface area contributed by atoms with Crippen molar-refractivity contribution in [1.82, 2.24) is 10.2 Å². The van der Waals surface area contributed by atoms with Gasteiger partial charge in [0.25, 0.3) is 0 Å². The van der Waals surface area contributed by atoms with Crippen molar-refractivity contribution in [3.8, 4) is 0 Å². The first-order chi connectivity index (χ1) is 10.6. The second-order valence-corrected chi connectivity index (χ2v) is 7.84. The molecule has 0 bridgehead atoms. The first-order valence-corrected chi connectivity index (χ1v) is 8.31. The Balaban J connectivity index is 1.95. The summed E-state index contributed by atoms with van der Waals surface area (Å²) in [6.45, 7) is 10.6. The van der Waals surface area contributed by atoms with Crippen LogP contribution in [-0.4, -0.2) is 59.3 Å². The van der Waals surface area contributed by atoms with Crippen molar-refractivity contribution in [1.29, 1.82) is 0 Å². The molecule has 0 saturated carbocycles. The summed E-state index contributed by atoms with van der Waals surface area (Å²) in [6.07, 6.45) is 4.67. The Kier molecular flexibility index (Phi) is 5.38. The minimum atomic E-state index is -0.673. The summed E-state index contributed by atoms with van der Waals surface area (Å²) < 4.78 is 11.3. The van der Waals surface area contributed by atoms with E-state index in [1.165, 1.54) is 0 Å². The summed E-state index contributed by atoms with van der Waals surface area (Å²) >= 11 is 0. The van der Waals surface area contributed by atoms with Crippen molar-refractivity contribution in [2.24, 2.45) is 5.92 Å². The highest BCUT2D eigenvalue weighted by Crippen LogP contribution is 2.29. The van der Waals surface area contributed by atoms with Crippen LogP contribution in [0.15, 0.2) is 12.2 Å². The molecule has 2 aliphatic rings. The van der Waals surface area contributed by atoms with Crippen molar-refractivity contribution in [2.75, 3.05) is 19.8 Å². The van der Waals surface area contributed by atoms with Crippen molar-refractivity contribution in [3.05, 3.63) is 12.2 Å². The number of hydrogen-bond acceptors (Lipinski definition) is 5. The van der Waals surface area contributed by atoms with Gasteiger partial charge in [0, 0.05) is 25.1 Å². The van der Waals surface area contributed by atoms with Crippen LogP contribution in [0, 0.1) is 5.92 Å². The lowest BCUT2D eigenvalue weighted by Gasteiger charge is -2.35. The predicted molar refractivity (Wildman–Crippen MR) is 88.0 cm³/mol. The lowest BCUT2D eigenvalue weighted by atomic mass is 10.1. The van der Waals surface area contributed by atoms with Gasteiger partial charge in [0.2, 0.25) is 0 Å². The molecule has 3 atom stereocenters. The molecule has 0 aromatic heterocycles. The third kappa shape index (κ3) is 4.68. The van der Waals surface area contributed by atoms with Crippen molar-refractivity contribution in [3.63, 3.8) is 0 Å². The molecule has 0 radical (unpaired) electrons. The highest BCUT2D eigenvalue weighted by atomic mass is 16.6. The fourth-order valence-corrected chi connectivity index (χ4v) is 3.06. The molecule has 1 amide bonds. The number of carbonyl (C=O) groups excluding carboxylic acids is 1. The molecule has 23 heavy (non-hydrogen) atoms. The lowest BCUT2D eigenvalue weighted by molar-refractivity contribution is -0.0624. The molecule has 132 valence electrons. The second kappa shape index (κ2) is 6.79. The molecular formula is C17H30N2O4. The van der Waals surface area contributed by atoms with E-state index in [0.29, 0.717) is 13.2 Å². The van der Waals surface area contributed by atoms with Crippen LogP contribution in [0.4, 0.5) is 4.79 Å². The monoisotopic (exact) mass is 326 g/mol. The molecule has 2 rings (SSSR count). The van der Waals surface area contributed by atoms with Crippen molar-refractivity contribution < 1.29 is 19.4 Å². The van der Waals surface area contributed by atoms with E-state index in [1.807, 2.05) is 40.7 Å². The molecule has 0 aromatic carbocycles. The Morgan fingerprint density at radius 2 is 2.13 bits per heavy atom. The van der Waals surface area contributed by atoms with Crippen LogP contribution < -0.4 is 5.32 Å². The van der Waals surface area contributed by atoms with Crippen LogP contribution in [0.2, 0.25) is 0 Å². The quantitative estimate of drug-likeness (QED) is 0.772. The van der Waals surface area contributed by atoms with Crippen LogP contribution in [0.5, 0.6) is 0 Å². The number of nitrogens with zero attached hydrogens (tertiary/aromatic N) is 1. The first-order valence-electron chi connectivity index (χ1n) is 8.31. The normalized spacial score (nSPS) is 30.0. The van der Waals surface area contributed by atoms with Gasteiger partial charge in [-0.25, -0.2) is 4.79 Å². The van der Waals surface area contributed by atoms with Gasteiger partial charge in [0.15, 0.2) is 0 Å². The summed E-state index contributed by atoms with van der Waals surface area (Å²) in [6, 6.07) is 0.165. The number of nitrogens with one attached hydrogen (secondary N) is 1. The maximum absolute atomic E-state index is 12.5. The van der Waals surface area contributed by atoms with Crippen molar-refractivity contribution in [2.45, 2.75) is 64.4 Å². The molecule has 6 heteroatoms. The minimum Gasteiger partial charge on any atom is -0.444 e. The van der Waals surface area contributed by atoms with Crippen LogP contribution >= 0.6 is 0 Å². The molecule has 1 heterocycles. The molecule has 6 nitrogen and oxygen atoms in total. The first kappa shape index (κ1) is 18.2. The van der Waals surface area contributed by atoms with Gasteiger partial charge < -0.3 is 19.9 Å². The molecule has 0 aromatic rings. The predicted octanol–water partition coefficient (Wildman–Crippen LogP) is 1.88. The maximum Gasteiger partial charge on any atom is 0.412 e. The average Bonchev–Trinajstić information content (AvgIpc) is 2.98. The van der Waals surface area contributed by atoms with Gasteiger partial charge in [-0.2, -0.15) is 0 Å². The van der Waals surface area contributed by atoms with Gasteiger partial charge in [-0.3, -0.25) is 4.90 Å². The van der Waals surface area contributed by atoms with E-state index >= 15 is 0 Å². The second-order valence-electron chi connectivity index (χ2n) is 7.84. The topological polar surface area (TPSA) is 71.0 Å². The fourth-order valence-electron chi connectivity index (χ4n) is 3.06. The molecular weight excluding hydrogens is 296 g/mol. The zero-order valence-electron chi connectivity index (χ0n) is 14.8. The summed E-state index contributed by atoms with van der Waals surface area (Å²) in [5.74, 6) is 0.228. The highest BCUT2D eigenvalue weighted by molar-refractivity contribution is 5.69. The number of aliphatic hydroxyl groups is 1. The molecule has 1 aliphatic heterocycles. The minimum absolute atomic E-state index is 0.0681. The standard InChI is InChI=1S/C17H30N2O4/c1-16(2,3)23-15(21)19-14(11-22-17(19,4)5)9-18-13-7-6-12(8-13)10-20/h6-7,12-14,18,20H,8-11H2,1-5H3/t12-,13+,14+/m0/s1. The largest absolute Gasteiger partial charge is 0.444 e. The third-order valence-corrected chi connectivity index (χ3v) is 4.19. The number of amides is 1. The zero-order chi connectivity index (χ0) is 17.3. The zero-order valence-corrected chi connectivity index (χ0v) is 14.8. The van der Waals surface area contributed by atoms with Gasteiger partial charge in [0.1, 0.15) is 11.3 Å². The van der Waals surface area contributed by atoms with Gasteiger partial charge in [0.05, 0.1) is 12.6 Å². The summed E-state index contributed by atoms with van der Waals surface area (Å²) in [5, 5.41) is 12.6. The maximum atomic E-state index is 12.5. The van der Waals surface area contributed by atoms with Gasteiger partial charge in [-0.05, 0) is 41.0 Å². The Bertz CT molecular complexity index is 456. The van der Waals surface area contributed by atoms with Crippen LogP contribution in [0.25, 0.3) is 0 Å². The Morgan fingerprint density at radius 1 is 1.43 bits per heavy atom. The molecule has 1 fully saturated rings. The number of ether oxygens (including phenoxy) is 2.